The van der Waals surface area contributed by atoms with Crippen molar-refractivity contribution >= 4 is 34.0 Å². The average Bonchev–Trinajstić information content (AvgIpc) is 2.64. The van der Waals surface area contributed by atoms with Crippen molar-refractivity contribution in [2.24, 2.45) is 0 Å². The fraction of sp³-hybridized carbons (Fsp3) is 0.158. The molecule has 0 saturated heterocycles. The molecule has 134 valence electrons. The van der Waals surface area contributed by atoms with Gasteiger partial charge in [-0.3, -0.25) is 0 Å². The first-order valence-electron chi connectivity index (χ1n) is 7.80. The van der Waals surface area contributed by atoms with E-state index in [4.69, 9.17) is 21.1 Å². The summed E-state index contributed by atoms with van der Waals surface area (Å²) >= 11 is 5.75. The molecule has 0 unspecified atom stereocenters. The zero-order valence-corrected chi connectivity index (χ0v) is 15.1. The van der Waals surface area contributed by atoms with Crippen LogP contribution in [0.1, 0.15) is 5.56 Å². The van der Waals surface area contributed by atoms with Crippen LogP contribution in [0, 0.1) is 5.82 Å². The van der Waals surface area contributed by atoms with Crippen molar-refractivity contribution in [1.82, 2.24) is 9.97 Å². The number of rotatable bonds is 6. The number of hydrogen-bond donors (Lipinski definition) is 1. The highest BCUT2D eigenvalue weighted by Gasteiger charge is 2.18. The number of methoxy groups -OCH3 is 2. The van der Waals surface area contributed by atoms with Gasteiger partial charge in [0.2, 0.25) is 0 Å². The van der Waals surface area contributed by atoms with E-state index in [9.17, 15) is 4.39 Å². The number of benzene rings is 2. The van der Waals surface area contributed by atoms with Gasteiger partial charge in [0.25, 0.3) is 0 Å². The lowest BCUT2D eigenvalue weighted by Crippen LogP contribution is -2.02. The van der Waals surface area contributed by atoms with E-state index in [2.05, 4.69) is 21.9 Å². The molecular formula is C19H17ClFN3O2. The van der Waals surface area contributed by atoms with Crippen molar-refractivity contribution < 1.29 is 13.9 Å². The number of nitrogens with zero attached hydrogens (tertiary/aromatic N) is 2. The second kappa shape index (κ2) is 7.58. The molecule has 3 rings (SSSR count). The third-order valence-electron chi connectivity index (χ3n) is 3.90. The lowest BCUT2D eigenvalue weighted by atomic mass is 10.0. The van der Waals surface area contributed by atoms with Gasteiger partial charge in [-0.15, -0.1) is 6.58 Å². The first-order valence-corrected chi connectivity index (χ1v) is 8.18. The number of aromatic nitrogens is 2. The Morgan fingerprint density at radius 1 is 1.23 bits per heavy atom. The van der Waals surface area contributed by atoms with Crippen LogP contribution in [-0.2, 0) is 6.42 Å². The molecule has 0 atom stereocenters. The van der Waals surface area contributed by atoms with Crippen molar-refractivity contribution in [2.75, 3.05) is 19.5 Å². The smallest absolute Gasteiger partial charge is 0.165 e. The summed E-state index contributed by atoms with van der Waals surface area (Å²) in [5, 5.41) is 3.93. The van der Waals surface area contributed by atoms with Crippen molar-refractivity contribution in [3.8, 4) is 11.5 Å². The Labute approximate surface area is 155 Å². The molecule has 0 spiro atoms. The van der Waals surface area contributed by atoms with Crippen LogP contribution < -0.4 is 14.8 Å². The summed E-state index contributed by atoms with van der Waals surface area (Å²) in [6, 6.07) is 6.24. The van der Waals surface area contributed by atoms with E-state index in [1.807, 2.05) is 0 Å². The standard InChI is InChI=1S/C19H17ClFN3O2/c1-4-5-12-17-15(9-16(25-2)18(12)26-3)22-10-23-19(17)24-11-6-7-13(20)14(21)8-11/h4,6-10H,1,5H2,2-3H3,(H,22,23,24). The monoisotopic (exact) mass is 373 g/mol. The first-order chi connectivity index (χ1) is 12.6. The van der Waals surface area contributed by atoms with Crippen LogP contribution in [0.25, 0.3) is 10.9 Å². The van der Waals surface area contributed by atoms with Crippen LogP contribution in [0.2, 0.25) is 5.02 Å². The van der Waals surface area contributed by atoms with Crippen LogP contribution in [0.3, 0.4) is 0 Å². The number of nitrogens with one attached hydrogen (secondary N) is 1. The minimum atomic E-state index is -0.513. The minimum Gasteiger partial charge on any atom is -0.493 e. The van der Waals surface area contributed by atoms with Crippen LogP contribution in [0.5, 0.6) is 11.5 Å². The highest BCUT2D eigenvalue weighted by atomic mass is 35.5. The Balaban J connectivity index is 2.22. The van der Waals surface area contributed by atoms with Gasteiger partial charge in [0.15, 0.2) is 11.5 Å². The van der Waals surface area contributed by atoms with Crippen molar-refractivity contribution in [1.29, 1.82) is 0 Å². The van der Waals surface area contributed by atoms with Crippen LogP contribution in [-0.4, -0.2) is 24.2 Å². The van der Waals surface area contributed by atoms with E-state index in [1.165, 1.54) is 18.5 Å². The Morgan fingerprint density at radius 2 is 2.04 bits per heavy atom. The molecule has 0 bridgehead atoms. The summed E-state index contributed by atoms with van der Waals surface area (Å²) in [4.78, 5) is 8.65. The topological polar surface area (TPSA) is 56.3 Å². The quantitative estimate of drug-likeness (QED) is 0.622. The molecule has 0 radical (unpaired) electrons. The molecule has 1 aromatic heterocycles. The lowest BCUT2D eigenvalue weighted by Gasteiger charge is -2.17. The number of anilines is 2. The Kier molecular flexibility index (Phi) is 5.23. The average molecular weight is 374 g/mol. The van der Waals surface area contributed by atoms with E-state index < -0.39 is 5.82 Å². The van der Waals surface area contributed by atoms with Crippen molar-refractivity contribution in [2.45, 2.75) is 6.42 Å². The Hall–Kier alpha value is -2.86. The zero-order valence-electron chi connectivity index (χ0n) is 14.3. The molecule has 0 fully saturated rings. The molecule has 0 aliphatic rings. The molecule has 7 heteroatoms. The highest BCUT2D eigenvalue weighted by Crippen LogP contribution is 2.40. The van der Waals surface area contributed by atoms with Gasteiger partial charge in [-0.05, 0) is 24.6 Å². The number of fused-ring (bicyclic) bond motifs is 1. The number of halogens is 2. The van der Waals surface area contributed by atoms with E-state index in [0.717, 1.165) is 10.9 Å². The summed E-state index contributed by atoms with van der Waals surface area (Å²) in [5.41, 5.74) is 2.02. The maximum Gasteiger partial charge on any atom is 0.165 e. The van der Waals surface area contributed by atoms with Crippen LogP contribution in [0.15, 0.2) is 43.2 Å². The van der Waals surface area contributed by atoms with Crippen LogP contribution >= 0.6 is 11.6 Å². The fourth-order valence-electron chi connectivity index (χ4n) is 2.78. The van der Waals surface area contributed by atoms with Crippen molar-refractivity contribution in [3.05, 3.63) is 59.7 Å². The second-order valence-electron chi connectivity index (χ2n) is 5.45. The van der Waals surface area contributed by atoms with E-state index in [0.29, 0.717) is 34.9 Å². The summed E-state index contributed by atoms with van der Waals surface area (Å²) in [6.45, 7) is 3.81. The molecule has 0 saturated carbocycles. The third-order valence-corrected chi connectivity index (χ3v) is 4.21. The summed E-state index contributed by atoms with van der Waals surface area (Å²) in [5.74, 6) is 1.16. The SMILES string of the molecule is C=CCc1c(OC)c(OC)cc2ncnc(Nc3ccc(Cl)c(F)c3)c12. The molecule has 0 aliphatic carbocycles. The molecular weight excluding hydrogens is 357 g/mol. The number of hydrogen-bond acceptors (Lipinski definition) is 5. The van der Waals surface area contributed by atoms with E-state index >= 15 is 0 Å². The normalized spacial score (nSPS) is 10.6. The van der Waals surface area contributed by atoms with Gasteiger partial charge in [-0.1, -0.05) is 17.7 Å². The van der Waals surface area contributed by atoms with Gasteiger partial charge in [-0.25, -0.2) is 14.4 Å². The molecule has 26 heavy (non-hydrogen) atoms. The lowest BCUT2D eigenvalue weighted by molar-refractivity contribution is 0.353. The largest absolute Gasteiger partial charge is 0.493 e. The van der Waals surface area contributed by atoms with Gasteiger partial charge in [0.05, 0.1) is 30.1 Å². The molecule has 1 heterocycles. The third kappa shape index (κ3) is 3.28. The van der Waals surface area contributed by atoms with Crippen molar-refractivity contribution in [3.63, 3.8) is 0 Å². The Bertz CT molecular complexity index is 979. The predicted octanol–water partition coefficient (Wildman–Crippen LogP) is 4.91. The summed E-state index contributed by atoms with van der Waals surface area (Å²) < 4.78 is 24.7. The second-order valence-corrected chi connectivity index (χ2v) is 5.86. The van der Waals surface area contributed by atoms with Gasteiger partial charge >= 0.3 is 0 Å². The van der Waals surface area contributed by atoms with Crippen LogP contribution in [0.4, 0.5) is 15.9 Å². The van der Waals surface area contributed by atoms with Gasteiger partial charge in [0.1, 0.15) is 18.0 Å². The predicted molar refractivity (Wildman–Crippen MR) is 101 cm³/mol. The van der Waals surface area contributed by atoms with Gasteiger partial charge in [0, 0.05) is 17.3 Å². The molecule has 1 N–H and O–H groups in total. The number of ether oxygens (including phenoxy) is 2. The zero-order chi connectivity index (χ0) is 18.7. The molecule has 2 aromatic carbocycles. The molecule has 3 aromatic rings. The fourth-order valence-corrected chi connectivity index (χ4v) is 2.90. The minimum absolute atomic E-state index is 0.0573. The highest BCUT2D eigenvalue weighted by molar-refractivity contribution is 6.30. The van der Waals surface area contributed by atoms with Gasteiger partial charge < -0.3 is 14.8 Å². The molecule has 0 amide bonds. The first kappa shape index (κ1) is 17.9. The summed E-state index contributed by atoms with van der Waals surface area (Å²) in [6.07, 6.45) is 3.71. The van der Waals surface area contributed by atoms with E-state index in [1.54, 1.807) is 32.4 Å². The molecule has 0 aliphatic heterocycles. The maximum absolute atomic E-state index is 13.8. The Morgan fingerprint density at radius 3 is 2.69 bits per heavy atom. The maximum atomic E-state index is 13.8. The summed E-state index contributed by atoms with van der Waals surface area (Å²) in [7, 11) is 3.14. The number of allylic oxidation sites excluding steroid dienone is 1. The van der Waals surface area contributed by atoms with Gasteiger partial charge in [-0.2, -0.15) is 0 Å². The molecule has 5 nitrogen and oxygen atoms in total. The van der Waals surface area contributed by atoms with E-state index in [-0.39, 0.29) is 5.02 Å².